The normalized spacial score (nSPS) is 14.4. The van der Waals surface area contributed by atoms with Gasteiger partial charge in [0.25, 0.3) is 5.91 Å². The van der Waals surface area contributed by atoms with E-state index in [1.54, 1.807) is 67.2 Å². The number of ether oxygens (including phenoxy) is 1. The molecule has 3 amide bonds. The molecule has 4 rings (SSSR count). The lowest BCUT2D eigenvalue weighted by atomic mass is 9.90. The predicted molar refractivity (Wildman–Crippen MR) is 163 cm³/mol. The molecule has 0 spiro atoms. The van der Waals surface area contributed by atoms with Crippen molar-refractivity contribution in [2.45, 2.75) is 40.2 Å². The molecular formula is C32H40N6O4. The first-order chi connectivity index (χ1) is 20.1. The molecule has 0 aliphatic carbocycles. The van der Waals surface area contributed by atoms with E-state index < -0.39 is 5.41 Å². The maximum atomic E-state index is 13.1. The van der Waals surface area contributed by atoms with Crippen LogP contribution in [0.3, 0.4) is 0 Å². The number of nitrogens with zero attached hydrogens (tertiary/aromatic N) is 5. The summed E-state index contributed by atoms with van der Waals surface area (Å²) in [5.41, 5.74) is 2.91. The maximum absolute atomic E-state index is 13.1. The van der Waals surface area contributed by atoms with Gasteiger partial charge in [0.2, 0.25) is 11.8 Å². The Bertz CT molecular complexity index is 1410. The molecular weight excluding hydrogens is 532 g/mol. The molecule has 1 aliphatic heterocycles. The Hall–Kier alpha value is -4.31. The number of aromatic nitrogens is 2. The van der Waals surface area contributed by atoms with E-state index in [-0.39, 0.29) is 17.7 Å². The van der Waals surface area contributed by atoms with E-state index in [1.165, 1.54) is 0 Å². The highest BCUT2D eigenvalue weighted by molar-refractivity contribution is 6.20. The highest BCUT2D eigenvalue weighted by Gasteiger charge is 2.45. The molecule has 1 N–H and O–H groups in total. The maximum Gasteiger partial charge on any atom is 0.255 e. The second-order valence-electron chi connectivity index (χ2n) is 10.9. The minimum Gasteiger partial charge on any atom is -0.494 e. The zero-order valence-electron chi connectivity index (χ0n) is 25.1. The van der Waals surface area contributed by atoms with E-state index in [9.17, 15) is 14.4 Å². The van der Waals surface area contributed by atoms with Crippen molar-refractivity contribution >= 4 is 29.1 Å². The van der Waals surface area contributed by atoms with E-state index in [4.69, 9.17) is 4.74 Å². The SMILES string of the molecule is CCN1C(=O)C(C)(C)C(=O)N(C)c2cc(OCCCc3cc(CNCCN(C)C(=O)c4cccnc4)ccn3)ccc21. The van der Waals surface area contributed by atoms with Crippen LogP contribution in [0.25, 0.3) is 0 Å². The van der Waals surface area contributed by atoms with Crippen LogP contribution in [0, 0.1) is 5.41 Å². The number of hydrogen-bond donors (Lipinski definition) is 1. The molecule has 0 saturated heterocycles. The topological polar surface area (TPSA) is 108 Å². The Morgan fingerprint density at radius 1 is 1.07 bits per heavy atom. The molecule has 0 unspecified atom stereocenters. The Kier molecular flexibility index (Phi) is 9.90. The number of amides is 3. The van der Waals surface area contributed by atoms with Gasteiger partial charge in [-0.2, -0.15) is 0 Å². The smallest absolute Gasteiger partial charge is 0.255 e. The van der Waals surface area contributed by atoms with Crippen LogP contribution in [-0.2, 0) is 22.6 Å². The van der Waals surface area contributed by atoms with Crippen molar-refractivity contribution in [1.82, 2.24) is 20.2 Å². The van der Waals surface area contributed by atoms with Gasteiger partial charge < -0.3 is 24.8 Å². The summed E-state index contributed by atoms with van der Waals surface area (Å²) < 4.78 is 6.03. The zero-order chi connectivity index (χ0) is 30.3. The summed E-state index contributed by atoms with van der Waals surface area (Å²) in [6.07, 6.45) is 6.56. The quantitative estimate of drug-likeness (QED) is 0.260. The van der Waals surface area contributed by atoms with Gasteiger partial charge in [-0.25, -0.2) is 0 Å². The molecule has 222 valence electrons. The number of pyridine rings is 2. The third-order valence-electron chi connectivity index (χ3n) is 7.47. The van der Waals surface area contributed by atoms with E-state index in [0.717, 1.165) is 24.1 Å². The molecule has 2 aromatic heterocycles. The van der Waals surface area contributed by atoms with Crippen molar-refractivity contribution in [3.63, 3.8) is 0 Å². The molecule has 42 heavy (non-hydrogen) atoms. The Morgan fingerprint density at radius 3 is 2.62 bits per heavy atom. The fourth-order valence-electron chi connectivity index (χ4n) is 4.98. The van der Waals surface area contributed by atoms with Crippen LogP contribution in [-0.4, -0.2) is 72.9 Å². The largest absolute Gasteiger partial charge is 0.494 e. The molecule has 3 aromatic rings. The van der Waals surface area contributed by atoms with Crippen molar-refractivity contribution in [2.24, 2.45) is 5.41 Å². The van der Waals surface area contributed by atoms with Crippen LogP contribution in [0.2, 0.25) is 0 Å². The summed E-state index contributed by atoms with van der Waals surface area (Å²) in [5.74, 6) is 0.149. The fourth-order valence-corrected chi connectivity index (χ4v) is 4.98. The molecule has 10 nitrogen and oxygen atoms in total. The molecule has 1 aliphatic rings. The minimum absolute atomic E-state index is 0.0494. The van der Waals surface area contributed by atoms with Gasteiger partial charge in [-0.15, -0.1) is 0 Å². The van der Waals surface area contributed by atoms with Crippen molar-refractivity contribution in [2.75, 3.05) is 50.1 Å². The highest BCUT2D eigenvalue weighted by atomic mass is 16.5. The van der Waals surface area contributed by atoms with Crippen LogP contribution in [0.4, 0.5) is 11.4 Å². The standard InChI is InChI=1S/C32H40N6O4/c1-6-38-27-12-11-26(20-28(27)37(5)30(40)32(2,3)31(38)41)42-18-8-10-25-19-23(13-15-35-25)21-34-16-17-36(4)29(39)24-9-7-14-33-22-24/h7,9,11-15,19-20,22,34H,6,8,10,16-18,21H2,1-5H3. The van der Waals surface area contributed by atoms with Crippen LogP contribution in [0.1, 0.15) is 48.8 Å². The summed E-state index contributed by atoms with van der Waals surface area (Å²) >= 11 is 0. The van der Waals surface area contributed by atoms with Crippen molar-refractivity contribution in [3.05, 3.63) is 77.9 Å². The summed E-state index contributed by atoms with van der Waals surface area (Å²) in [5, 5.41) is 3.39. The highest BCUT2D eigenvalue weighted by Crippen LogP contribution is 2.40. The van der Waals surface area contributed by atoms with Gasteiger partial charge in [0.15, 0.2) is 0 Å². The number of fused-ring (bicyclic) bond motifs is 1. The van der Waals surface area contributed by atoms with Crippen LogP contribution in [0.15, 0.2) is 61.1 Å². The van der Waals surface area contributed by atoms with Gasteiger partial charge in [-0.05, 0) is 75.6 Å². The first-order valence-corrected chi connectivity index (χ1v) is 14.3. The van der Waals surface area contributed by atoms with Gasteiger partial charge >= 0.3 is 0 Å². The third-order valence-corrected chi connectivity index (χ3v) is 7.47. The van der Waals surface area contributed by atoms with E-state index >= 15 is 0 Å². The van der Waals surface area contributed by atoms with E-state index in [1.807, 2.05) is 37.4 Å². The Labute approximate surface area is 247 Å². The second-order valence-corrected chi connectivity index (χ2v) is 10.9. The van der Waals surface area contributed by atoms with Gasteiger partial charge in [-0.1, -0.05) is 0 Å². The molecule has 10 heteroatoms. The van der Waals surface area contributed by atoms with Gasteiger partial charge in [0.05, 0.1) is 23.5 Å². The Morgan fingerprint density at radius 2 is 1.88 bits per heavy atom. The molecule has 0 radical (unpaired) electrons. The van der Waals surface area contributed by atoms with E-state index in [0.29, 0.717) is 55.5 Å². The van der Waals surface area contributed by atoms with Crippen LogP contribution >= 0.6 is 0 Å². The first-order valence-electron chi connectivity index (χ1n) is 14.3. The second kappa shape index (κ2) is 13.6. The number of aryl methyl sites for hydroxylation is 1. The van der Waals surface area contributed by atoms with Crippen molar-refractivity contribution in [1.29, 1.82) is 0 Å². The number of rotatable bonds is 12. The average molecular weight is 573 g/mol. The average Bonchev–Trinajstić information content (AvgIpc) is 3.05. The lowest BCUT2D eigenvalue weighted by Gasteiger charge is -2.27. The summed E-state index contributed by atoms with van der Waals surface area (Å²) in [7, 11) is 3.49. The number of benzene rings is 1. The fraction of sp³-hybridized carbons (Fsp3) is 0.406. The molecule has 1 aromatic carbocycles. The molecule has 0 bridgehead atoms. The lowest BCUT2D eigenvalue weighted by molar-refractivity contribution is -0.137. The number of carbonyl (C=O) groups excluding carboxylic acids is 3. The van der Waals surface area contributed by atoms with E-state index in [2.05, 4.69) is 21.4 Å². The predicted octanol–water partition coefficient (Wildman–Crippen LogP) is 3.71. The molecule has 0 fully saturated rings. The summed E-state index contributed by atoms with van der Waals surface area (Å²) in [6, 6.07) is 13.1. The van der Waals surface area contributed by atoms with Crippen molar-refractivity contribution < 1.29 is 19.1 Å². The molecule has 0 saturated carbocycles. The number of nitrogens with one attached hydrogen (secondary N) is 1. The Balaban J connectivity index is 1.25. The summed E-state index contributed by atoms with van der Waals surface area (Å²) in [4.78, 5) is 52.0. The van der Waals surface area contributed by atoms with Crippen LogP contribution < -0.4 is 19.9 Å². The zero-order valence-corrected chi connectivity index (χ0v) is 25.1. The number of likely N-dealkylation sites (N-methyl/N-ethyl adjacent to an activating group) is 1. The monoisotopic (exact) mass is 572 g/mol. The first kappa shape index (κ1) is 30.6. The summed E-state index contributed by atoms with van der Waals surface area (Å²) in [6.45, 7) is 8.13. The van der Waals surface area contributed by atoms with Gasteiger partial charge in [0.1, 0.15) is 11.2 Å². The molecule has 0 atom stereocenters. The number of carbonyl (C=O) groups is 3. The minimum atomic E-state index is -1.14. The van der Waals surface area contributed by atoms with Crippen LogP contribution in [0.5, 0.6) is 5.75 Å². The lowest BCUT2D eigenvalue weighted by Crippen LogP contribution is -2.47. The van der Waals surface area contributed by atoms with Gasteiger partial charge in [0, 0.05) is 70.6 Å². The third kappa shape index (κ3) is 6.94. The molecule has 3 heterocycles. The number of hydrogen-bond acceptors (Lipinski definition) is 7. The van der Waals surface area contributed by atoms with Crippen molar-refractivity contribution in [3.8, 4) is 5.75 Å². The van der Waals surface area contributed by atoms with Gasteiger partial charge in [-0.3, -0.25) is 24.4 Å². The number of anilines is 2.